The maximum atomic E-state index is 10.8. The van der Waals surface area contributed by atoms with Gasteiger partial charge in [0.15, 0.2) is 0 Å². The summed E-state index contributed by atoms with van der Waals surface area (Å²) >= 11 is 0. The van der Waals surface area contributed by atoms with Crippen molar-refractivity contribution < 1.29 is 4.92 Å². The molecule has 144 valence electrons. The van der Waals surface area contributed by atoms with Gasteiger partial charge >= 0.3 is 0 Å². The number of rotatable bonds is 4. The molecule has 9 heteroatoms. The van der Waals surface area contributed by atoms with Gasteiger partial charge in [0.25, 0.3) is 11.6 Å². The number of nitrogens with zero attached hydrogens (tertiary/aromatic N) is 7. The van der Waals surface area contributed by atoms with Crippen molar-refractivity contribution in [3.05, 3.63) is 64.1 Å². The Balaban J connectivity index is 1.46. The lowest BCUT2D eigenvalue weighted by Gasteiger charge is -2.36. The van der Waals surface area contributed by atoms with E-state index in [4.69, 9.17) is 4.98 Å². The van der Waals surface area contributed by atoms with Crippen LogP contribution in [0.3, 0.4) is 0 Å². The first-order chi connectivity index (χ1) is 13.5. The molecule has 0 atom stereocenters. The van der Waals surface area contributed by atoms with Crippen molar-refractivity contribution in [1.29, 1.82) is 0 Å². The van der Waals surface area contributed by atoms with Gasteiger partial charge in [0.2, 0.25) is 0 Å². The number of anilines is 2. The third kappa shape index (κ3) is 3.51. The number of non-ortho nitro benzene ring substituents is 1. The summed E-state index contributed by atoms with van der Waals surface area (Å²) in [7, 11) is 0. The minimum atomic E-state index is -0.378. The first kappa shape index (κ1) is 17.9. The number of aromatic nitrogens is 4. The van der Waals surface area contributed by atoms with E-state index in [1.807, 2.05) is 26.0 Å². The Morgan fingerprint density at radius 1 is 1.00 bits per heavy atom. The molecule has 0 spiro atoms. The summed E-state index contributed by atoms with van der Waals surface area (Å²) in [5, 5.41) is 15.3. The minimum absolute atomic E-state index is 0.111. The first-order valence-electron chi connectivity index (χ1n) is 9.12. The summed E-state index contributed by atoms with van der Waals surface area (Å²) in [6.45, 7) is 7.19. The molecule has 1 saturated heterocycles. The number of nitro groups is 1. The summed E-state index contributed by atoms with van der Waals surface area (Å²) < 4.78 is 1.76. The highest BCUT2D eigenvalue weighted by molar-refractivity contribution is 5.52. The van der Waals surface area contributed by atoms with E-state index >= 15 is 0 Å². The Morgan fingerprint density at radius 2 is 1.68 bits per heavy atom. The fourth-order valence-electron chi connectivity index (χ4n) is 3.43. The van der Waals surface area contributed by atoms with Crippen LogP contribution in [0.2, 0.25) is 0 Å². The number of nitro benzene ring substituents is 1. The molecule has 1 aliphatic rings. The fraction of sp³-hybridized carbons (Fsp3) is 0.316. The van der Waals surface area contributed by atoms with Gasteiger partial charge in [-0.3, -0.25) is 10.1 Å². The van der Waals surface area contributed by atoms with Crippen LogP contribution in [0.4, 0.5) is 17.2 Å². The van der Waals surface area contributed by atoms with Gasteiger partial charge in [0.1, 0.15) is 5.82 Å². The standard InChI is InChI=1S/C19H21N7O2/c1-14-13-15(2)25(22-14)19-20-8-7-18(21-19)24-11-9-23(10-12-24)16-3-5-17(6-4-16)26(27)28/h3-8,13H,9-12H2,1-2H3. The van der Waals surface area contributed by atoms with Gasteiger partial charge < -0.3 is 9.80 Å². The lowest BCUT2D eigenvalue weighted by Crippen LogP contribution is -2.46. The highest BCUT2D eigenvalue weighted by Crippen LogP contribution is 2.22. The average molecular weight is 379 g/mol. The molecule has 0 aliphatic carbocycles. The zero-order valence-electron chi connectivity index (χ0n) is 15.8. The minimum Gasteiger partial charge on any atom is -0.368 e. The monoisotopic (exact) mass is 379 g/mol. The number of piperazine rings is 1. The molecule has 0 saturated carbocycles. The van der Waals surface area contributed by atoms with E-state index in [2.05, 4.69) is 19.9 Å². The Morgan fingerprint density at radius 3 is 2.29 bits per heavy atom. The molecule has 3 aromatic rings. The van der Waals surface area contributed by atoms with Crippen LogP contribution >= 0.6 is 0 Å². The number of hydrogen-bond acceptors (Lipinski definition) is 7. The zero-order valence-corrected chi connectivity index (χ0v) is 15.8. The number of benzene rings is 1. The van der Waals surface area contributed by atoms with E-state index in [1.54, 1.807) is 35.1 Å². The Labute approximate surface area is 162 Å². The van der Waals surface area contributed by atoms with Crippen LogP contribution in [-0.2, 0) is 0 Å². The van der Waals surface area contributed by atoms with E-state index in [0.29, 0.717) is 5.95 Å². The summed E-state index contributed by atoms with van der Waals surface area (Å²) in [5.74, 6) is 1.45. The maximum absolute atomic E-state index is 10.8. The van der Waals surface area contributed by atoms with Crippen LogP contribution < -0.4 is 9.80 Å². The van der Waals surface area contributed by atoms with Gasteiger partial charge in [-0.2, -0.15) is 10.1 Å². The molecule has 0 radical (unpaired) electrons. The van der Waals surface area contributed by atoms with Crippen LogP contribution in [0, 0.1) is 24.0 Å². The van der Waals surface area contributed by atoms with Crippen molar-refractivity contribution in [2.45, 2.75) is 13.8 Å². The molecular weight excluding hydrogens is 358 g/mol. The quantitative estimate of drug-likeness (QED) is 0.508. The van der Waals surface area contributed by atoms with E-state index < -0.39 is 0 Å². The van der Waals surface area contributed by atoms with Crippen LogP contribution in [-0.4, -0.2) is 50.9 Å². The Kier molecular flexibility index (Phi) is 4.64. The second kappa shape index (κ2) is 7.26. The highest BCUT2D eigenvalue weighted by Gasteiger charge is 2.20. The molecule has 0 amide bonds. The largest absolute Gasteiger partial charge is 0.368 e. The van der Waals surface area contributed by atoms with Gasteiger partial charge in [-0.25, -0.2) is 9.67 Å². The summed E-state index contributed by atoms with van der Waals surface area (Å²) in [6, 6.07) is 10.6. The molecule has 0 N–H and O–H groups in total. The SMILES string of the molecule is Cc1cc(C)n(-c2nccc(N3CCN(c4ccc([N+](=O)[O-])cc4)CC3)n2)n1. The topological polar surface area (TPSA) is 93.2 Å². The molecule has 2 aromatic heterocycles. The molecule has 1 aromatic carbocycles. The van der Waals surface area contributed by atoms with Crippen LogP contribution in [0.1, 0.15) is 11.4 Å². The van der Waals surface area contributed by atoms with Crippen molar-refractivity contribution >= 4 is 17.2 Å². The summed E-state index contributed by atoms with van der Waals surface area (Å²) in [4.78, 5) is 23.9. The van der Waals surface area contributed by atoms with E-state index in [1.165, 1.54) is 0 Å². The molecule has 9 nitrogen and oxygen atoms in total. The summed E-state index contributed by atoms with van der Waals surface area (Å²) in [5.41, 5.74) is 3.04. The number of aryl methyl sites for hydroxylation is 2. The predicted octanol–water partition coefficient (Wildman–Crippen LogP) is 2.51. The predicted molar refractivity (Wildman–Crippen MR) is 106 cm³/mol. The molecule has 0 unspecified atom stereocenters. The second-order valence-electron chi connectivity index (χ2n) is 6.80. The van der Waals surface area contributed by atoms with Crippen LogP contribution in [0.5, 0.6) is 0 Å². The van der Waals surface area contributed by atoms with Gasteiger partial charge in [-0.05, 0) is 38.1 Å². The van der Waals surface area contributed by atoms with Crippen molar-refractivity contribution in [2.24, 2.45) is 0 Å². The molecule has 1 fully saturated rings. The summed E-state index contributed by atoms with van der Waals surface area (Å²) in [6.07, 6.45) is 1.76. The van der Waals surface area contributed by atoms with Gasteiger partial charge in [0, 0.05) is 55.9 Å². The Hall–Kier alpha value is -3.49. The van der Waals surface area contributed by atoms with Crippen molar-refractivity contribution in [2.75, 3.05) is 36.0 Å². The smallest absolute Gasteiger partial charge is 0.269 e. The Bertz CT molecular complexity index is 992. The average Bonchev–Trinajstić information content (AvgIpc) is 3.06. The van der Waals surface area contributed by atoms with Crippen LogP contribution in [0.15, 0.2) is 42.6 Å². The van der Waals surface area contributed by atoms with Crippen molar-refractivity contribution in [3.8, 4) is 5.95 Å². The van der Waals surface area contributed by atoms with Gasteiger partial charge in [0.05, 0.1) is 10.6 Å². The van der Waals surface area contributed by atoms with E-state index in [9.17, 15) is 10.1 Å². The fourth-order valence-corrected chi connectivity index (χ4v) is 3.43. The molecular formula is C19H21N7O2. The lowest BCUT2D eigenvalue weighted by atomic mass is 10.2. The van der Waals surface area contributed by atoms with Gasteiger partial charge in [-0.1, -0.05) is 0 Å². The van der Waals surface area contributed by atoms with Crippen molar-refractivity contribution in [1.82, 2.24) is 19.7 Å². The zero-order chi connectivity index (χ0) is 19.7. The van der Waals surface area contributed by atoms with E-state index in [0.717, 1.165) is 49.1 Å². The normalized spacial score (nSPS) is 14.4. The van der Waals surface area contributed by atoms with Crippen molar-refractivity contribution in [3.63, 3.8) is 0 Å². The third-order valence-corrected chi connectivity index (χ3v) is 4.86. The first-order valence-corrected chi connectivity index (χ1v) is 9.12. The van der Waals surface area contributed by atoms with Crippen LogP contribution in [0.25, 0.3) is 5.95 Å². The second-order valence-corrected chi connectivity index (χ2v) is 6.80. The highest BCUT2D eigenvalue weighted by atomic mass is 16.6. The number of hydrogen-bond donors (Lipinski definition) is 0. The molecule has 1 aliphatic heterocycles. The molecule has 4 rings (SSSR count). The van der Waals surface area contributed by atoms with Gasteiger partial charge in [-0.15, -0.1) is 0 Å². The molecule has 0 bridgehead atoms. The maximum Gasteiger partial charge on any atom is 0.269 e. The molecule has 3 heterocycles. The lowest BCUT2D eigenvalue weighted by molar-refractivity contribution is -0.384. The molecule has 28 heavy (non-hydrogen) atoms. The third-order valence-electron chi connectivity index (χ3n) is 4.86. The van der Waals surface area contributed by atoms with E-state index in [-0.39, 0.29) is 10.6 Å².